The molecule has 2 atom stereocenters. The van der Waals surface area contributed by atoms with Crippen molar-refractivity contribution in [2.24, 2.45) is 7.05 Å². The van der Waals surface area contributed by atoms with E-state index in [1.165, 1.54) is 11.8 Å². The van der Waals surface area contributed by atoms with Gasteiger partial charge in [-0.3, -0.25) is 0 Å². The average Bonchev–Trinajstić information content (AvgIpc) is 3.29. The molecule has 1 aliphatic heterocycles. The van der Waals surface area contributed by atoms with Gasteiger partial charge in [0, 0.05) is 13.5 Å². The number of hydrogen-bond acceptors (Lipinski definition) is 8. The molecule has 1 aromatic carbocycles. The molecule has 0 fully saturated rings. The molecule has 9 heteroatoms. The lowest BCUT2D eigenvalue weighted by Crippen LogP contribution is -2.24. The summed E-state index contributed by atoms with van der Waals surface area (Å²) in [5.41, 5.74) is 0. The summed E-state index contributed by atoms with van der Waals surface area (Å²) in [6.07, 6.45) is 0.442. The van der Waals surface area contributed by atoms with Crippen molar-refractivity contribution in [2.45, 2.75) is 36.8 Å². The van der Waals surface area contributed by atoms with Gasteiger partial charge in [-0.1, -0.05) is 36.0 Å². The van der Waals surface area contributed by atoms with Crippen LogP contribution in [-0.4, -0.2) is 31.5 Å². The third kappa shape index (κ3) is 3.14. The Labute approximate surface area is 154 Å². The van der Waals surface area contributed by atoms with Crippen LogP contribution >= 0.6 is 11.8 Å². The molecule has 1 aliphatic rings. The Morgan fingerprint density at radius 3 is 2.85 bits per heavy atom. The molecule has 0 amide bonds. The maximum Gasteiger partial charge on any atom is 0.239 e. The van der Waals surface area contributed by atoms with Crippen LogP contribution in [0.1, 0.15) is 42.7 Å². The van der Waals surface area contributed by atoms with Crippen LogP contribution in [-0.2, 0) is 13.5 Å². The molecule has 0 N–H and O–H groups in total. The van der Waals surface area contributed by atoms with Gasteiger partial charge in [-0.2, -0.15) is 4.98 Å². The highest BCUT2D eigenvalue weighted by Gasteiger charge is 2.28. The Morgan fingerprint density at radius 1 is 1.27 bits per heavy atom. The summed E-state index contributed by atoms with van der Waals surface area (Å²) in [5.74, 6) is 3.47. The van der Waals surface area contributed by atoms with Crippen LogP contribution in [0.2, 0.25) is 0 Å². The van der Waals surface area contributed by atoms with E-state index < -0.39 is 0 Å². The summed E-state index contributed by atoms with van der Waals surface area (Å²) in [4.78, 5) is 4.38. The first-order valence-corrected chi connectivity index (χ1v) is 9.30. The molecular weight excluding hydrogens is 354 g/mol. The lowest BCUT2D eigenvalue weighted by Gasteiger charge is -2.25. The molecule has 0 saturated carbocycles. The molecule has 26 heavy (non-hydrogen) atoms. The lowest BCUT2D eigenvalue weighted by atomic mass is 10.2. The van der Waals surface area contributed by atoms with Gasteiger partial charge in [0.1, 0.15) is 6.61 Å². The molecule has 136 valence electrons. The average molecular weight is 373 g/mol. The smallest absolute Gasteiger partial charge is 0.239 e. The van der Waals surface area contributed by atoms with Crippen LogP contribution in [0, 0.1) is 0 Å². The molecule has 0 radical (unpaired) electrons. The Morgan fingerprint density at radius 2 is 2.08 bits per heavy atom. The van der Waals surface area contributed by atoms with E-state index in [-0.39, 0.29) is 11.4 Å². The number of aryl methyl sites for hydroxylation is 1. The minimum Gasteiger partial charge on any atom is -0.485 e. The monoisotopic (exact) mass is 373 g/mol. The predicted octanol–water partition coefficient (Wildman–Crippen LogP) is 3.13. The van der Waals surface area contributed by atoms with Crippen molar-refractivity contribution in [3.05, 3.63) is 41.8 Å². The normalized spacial score (nSPS) is 17.3. The van der Waals surface area contributed by atoms with Crippen LogP contribution in [0.15, 0.2) is 33.9 Å². The van der Waals surface area contributed by atoms with E-state index in [9.17, 15) is 0 Å². The van der Waals surface area contributed by atoms with Crippen LogP contribution in [0.3, 0.4) is 0 Å². The van der Waals surface area contributed by atoms with Gasteiger partial charge in [0.2, 0.25) is 5.89 Å². The van der Waals surface area contributed by atoms with Crippen LogP contribution in [0.5, 0.6) is 11.5 Å². The number of thioether (sulfide) groups is 1. The molecule has 0 aliphatic carbocycles. The minimum absolute atomic E-state index is 0.0252. The zero-order valence-electron chi connectivity index (χ0n) is 14.7. The number of hydrogen-bond donors (Lipinski definition) is 0. The van der Waals surface area contributed by atoms with Gasteiger partial charge in [-0.25, -0.2) is 0 Å². The van der Waals surface area contributed by atoms with Gasteiger partial charge in [0.25, 0.3) is 0 Å². The maximum absolute atomic E-state index is 6.02. The molecule has 3 aromatic rings. The minimum atomic E-state index is -0.304. The standard InChI is InChI=1S/C17H19N5O3S/c1-4-14-18-16(25-21-14)10(2)26-17-20-19-15(22(17)3)13-9-23-11-7-5-6-8-12(11)24-13/h5-8,10,13H,4,9H2,1-3H3. The number of fused-ring (bicyclic) bond motifs is 1. The largest absolute Gasteiger partial charge is 0.485 e. The molecule has 2 aromatic heterocycles. The Balaban J connectivity index is 1.50. The third-order valence-corrected chi connectivity index (χ3v) is 5.22. The van der Waals surface area contributed by atoms with E-state index >= 15 is 0 Å². The lowest BCUT2D eigenvalue weighted by molar-refractivity contribution is 0.0825. The van der Waals surface area contributed by atoms with Crippen molar-refractivity contribution >= 4 is 11.8 Å². The molecule has 0 bridgehead atoms. The van der Waals surface area contributed by atoms with E-state index in [1.54, 1.807) is 0 Å². The maximum atomic E-state index is 6.02. The summed E-state index contributed by atoms with van der Waals surface area (Å²) in [6, 6.07) is 7.61. The molecular formula is C17H19N5O3S. The zero-order chi connectivity index (χ0) is 18.1. The fourth-order valence-electron chi connectivity index (χ4n) is 2.64. The fraction of sp³-hybridized carbons (Fsp3) is 0.412. The summed E-state index contributed by atoms with van der Waals surface area (Å²) in [7, 11) is 1.92. The highest BCUT2D eigenvalue weighted by Crippen LogP contribution is 2.37. The topological polar surface area (TPSA) is 88.1 Å². The molecule has 8 nitrogen and oxygen atoms in total. The van der Waals surface area contributed by atoms with Crippen molar-refractivity contribution in [1.29, 1.82) is 0 Å². The van der Waals surface area contributed by atoms with E-state index in [4.69, 9.17) is 14.0 Å². The van der Waals surface area contributed by atoms with Crippen molar-refractivity contribution in [2.75, 3.05) is 6.61 Å². The Kier molecular flexibility index (Phi) is 4.54. The van der Waals surface area contributed by atoms with E-state index in [0.29, 0.717) is 29.9 Å². The van der Waals surface area contributed by atoms with E-state index in [2.05, 4.69) is 20.3 Å². The second kappa shape index (κ2) is 6.99. The van der Waals surface area contributed by atoms with E-state index in [1.807, 2.05) is 49.7 Å². The summed E-state index contributed by atoms with van der Waals surface area (Å²) >= 11 is 1.51. The second-order valence-corrected chi connectivity index (χ2v) is 7.23. The van der Waals surface area contributed by atoms with Crippen molar-refractivity contribution in [3.63, 3.8) is 0 Å². The number of nitrogens with zero attached hydrogens (tertiary/aromatic N) is 5. The van der Waals surface area contributed by atoms with Gasteiger partial charge in [-0.15, -0.1) is 10.2 Å². The van der Waals surface area contributed by atoms with Crippen LogP contribution in [0.25, 0.3) is 0 Å². The quantitative estimate of drug-likeness (QED) is 0.630. The van der Waals surface area contributed by atoms with Crippen LogP contribution < -0.4 is 9.47 Å². The highest BCUT2D eigenvalue weighted by atomic mass is 32.2. The molecule has 0 saturated heterocycles. The Hall–Kier alpha value is -2.55. The Bertz CT molecular complexity index is 909. The summed E-state index contributed by atoms with van der Waals surface area (Å²) < 4.78 is 19.0. The van der Waals surface area contributed by atoms with Crippen molar-refractivity contribution in [3.8, 4) is 11.5 Å². The van der Waals surface area contributed by atoms with Gasteiger partial charge < -0.3 is 18.6 Å². The third-order valence-electron chi connectivity index (χ3n) is 4.10. The van der Waals surface area contributed by atoms with Crippen molar-refractivity contribution in [1.82, 2.24) is 24.9 Å². The molecule has 3 heterocycles. The zero-order valence-corrected chi connectivity index (χ0v) is 15.6. The number of benzene rings is 1. The molecule has 0 spiro atoms. The summed E-state index contributed by atoms with van der Waals surface area (Å²) in [6.45, 7) is 4.39. The van der Waals surface area contributed by atoms with E-state index in [0.717, 1.165) is 17.3 Å². The van der Waals surface area contributed by atoms with Gasteiger partial charge in [0.15, 0.2) is 34.4 Å². The number of rotatable bonds is 5. The number of ether oxygens (including phenoxy) is 2. The SMILES string of the molecule is CCc1noc(C(C)Sc2nnc(C3COc4ccccc4O3)n2C)n1. The van der Waals surface area contributed by atoms with Crippen molar-refractivity contribution < 1.29 is 14.0 Å². The fourth-order valence-corrected chi connectivity index (χ4v) is 3.49. The molecule has 4 rings (SSSR count). The second-order valence-electron chi connectivity index (χ2n) is 5.93. The highest BCUT2D eigenvalue weighted by molar-refractivity contribution is 7.99. The summed E-state index contributed by atoms with van der Waals surface area (Å²) in [5, 5.41) is 13.3. The first-order valence-electron chi connectivity index (χ1n) is 8.42. The molecule has 2 unspecified atom stereocenters. The van der Waals surface area contributed by atoms with Gasteiger partial charge in [0.05, 0.1) is 5.25 Å². The first-order chi connectivity index (χ1) is 12.7. The van der Waals surface area contributed by atoms with Gasteiger partial charge >= 0.3 is 0 Å². The predicted molar refractivity (Wildman–Crippen MR) is 94.3 cm³/mol. The van der Waals surface area contributed by atoms with Gasteiger partial charge in [-0.05, 0) is 19.1 Å². The first kappa shape index (κ1) is 16.9. The number of para-hydroxylation sites is 2. The number of aromatic nitrogens is 5. The van der Waals surface area contributed by atoms with Crippen LogP contribution in [0.4, 0.5) is 0 Å².